The van der Waals surface area contributed by atoms with Crippen molar-refractivity contribution < 1.29 is 9.90 Å². The molecule has 14 heavy (non-hydrogen) atoms. The predicted octanol–water partition coefficient (Wildman–Crippen LogP) is 2.44. The Morgan fingerprint density at radius 1 is 1.43 bits per heavy atom. The van der Waals surface area contributed by atoms with Gasteiger partial charge in [0, 0.05) is 4.47 Å². The van der Waals surface area contributed by atoms with E-state index in [1.54, 1.807) is 30.3 Å². The fraction of sp³-hybridized carbons (Fsp3) is 0. The van der Waals surface area contributed by atoms with Gasteiger partial charge in [-0.15, -0.1) is 0 Å². The number of nitriles is 1. The van der Waals surface area contributed by atoms with Crippen LogP contribution in [0.3, 0.4) is 0 Å². The van der Waals surface area contributed by atoms with E-state index in [0.717, 1.165) is 4.47 Å². The van der Waals surface area contributed by atoms with Gasteiger partial charge in [0.15, 0.2) is 0 Å². The number of carboxylic acid groups (broad SMARTS) is 1. The van der Waals surface area contributed by atoms with E-state index in [9.17, 15) is 4.79 Å². The summed E-state index contributed by atoms with van der Waals surface area (Å²) >= 11 is 3.26. The maximum absolute atomic E-state index is 10.5. The monoisotopic (exact) mass is 251 g/mol. The molecule has 0 fully saturated rings. The zero-order chi connectivity index (χ0) is 10.6. The average Bonchev–Trinajstić information content (AvgIpc) is 2.16. The SMILES string of the molecule is N#CC(=Cc1ccc(Br)cc1)C(=O)O. The molecule has 1 N–H and O–H groups in total. The Hall–Kier alpha value is -1.60. The van der Waals surface area contributed by atoms with E-state index in [1.807, 2.05) is 0 Å². The lowest BCUT2D eigenvalue weighted by atomic mass is 10.1. The van der Waals surface area contributed by atoms with Crippen LogP contribution in [0, 0.1) is 11.3 Å². The molecular formula is C10H6BrNO2. The van der Waals surface area contributed by atoms with Crippen molar-refractivity contribution in [1.29, 1.82) is 5.26 Å². The third-order valence-corrected chi connectivity index (χ3v) is 2.06. The number of hydrogen-bond acceptors (Lipinski definition) is 2. The summed E-state index contributed by atoms with van der Waals surface area (Å²) in [4.78, 5) is 10.5. The molecule has 0 bridgehead atoms. The van der Waals surface area contributed by atoms with Gasteiger partial charge in [-0.1, -0.05) is 28.1 Å². The molecule has 3 nitrogen and oxygen atoms in total. The number of aliphatic carboxylic acids is 1. The van der Waals surface area contributed by atoms with Gasteiger partial charge in [0.1, 0.15) is 11.6 Å². The molecule has 0 aliphatic heterocycles. The van der Waals surface area contributed by atoms with Gasteiger partial charge in [-0.2, -0.15) is 5.26 Å². The molecule has 0 saturated heterocycles. The number of carboxylic acids is 1. The summed E-state index contributed by atoms with van der Waals surface area (Å²) in [6, 6.07) is 8.63. The Balaban J connectivity index is 3.03. The lowest BCUT2D eigenvalue weighted by molar-refractivity contribution is -0.132. The van der Waals surface area contributed by atoms with Crippen LogP contribution in [0.1, 0.15) is 5.56 Å². The van der Waals surface area contributed by atoms with Crippen LogP contribution in [0.2, 0.25) is 0 Å². The van der Waals surface area contributed by atoms with Gasteiger partial charge in [-0.3, -0.25) is 0 Å². The second-order valence-corrected chi connectivity index (χ2v) is 3.44. The van der Waals surface area contributed by atoms with Crippen LogP contribution in [0.15, 0.2) is 34.3 Å². The van der Waals surface area contributed by atoms with E-state index in [4.69, 9.17) is 10.4 Å². The summed E-state index contributed by atoms with van der Waals surface area (Å²) in [5.74, 6) is -1.21. The standard InChI is InChI=1S/C10H6BrNO2/c11-9-3-1-7(2-4-9)5-8(6-12)10(13)14/h1-5H,(H,13,14). The maximum atomic E-state index is 10.5. The van der Waals surface area contributed by atoms with Crippen molar-refractivity contribution in [3.8, 4) is 6.07 Å². The molecule has 0 amide bonds. The average molecular weight is 252 g/mol. The van der Waals surface area contributed by atoms with Crippen LogP contribution in [0.5, 0.6) is 0 Å². The minimum absolute atomic E-state index is 0.271. The summed E-state index contributed by atoms with van der Waals surface area (Å²) in [5, 5.41) is 17.1. The van der Waals surface area contributed by atoms with E-state index < -0.39 is 5.97 Å². The molecule has 1 aromatic rings. The Kier molecular flexibility index (Phi) is 3.43. The van der Waals surface area contributed by atoms with Gasteiger partial charge >= 0.3 is 5.97 Å². The summed E-state index contributed by atoms with van der Waals surface area (Å²) in [6.07, 6.45) is 1.33. The first kappa shape index (κ1) is 10.5. The number of carbonyl (C=O) groups is 1. The first-order valence-corrected chi connectivity index (χ1v) is 4.53. The molecule has 0 aliphatic rings. The van der Waals surface area contributed by atoms with E-state index in [0.29, 0.717) is 5.56 Å². The van der Waals surface area contributed by atoms with Crippen LogP contribution in [0.25, 0.3) is 6.08 Å². The summed E-state index contributed by atoms with van der Waals surface area (Å²) < 4.78 is 0.906. The Morgan fingerprint density at radius 3 is 2.43 bits per heavy atom. The second kappa shape index (κ2) is 4.58. The van der Waals surface area contributed by atoms with Crippen LogP contribution in [-0.4, -0.2) is 11.1 Å². The van der Waals surface area contributed by atoms with Gasteiger partial charge in [0.2, 0.25) is 0 Å². The Morgan fingerprint density at radius 2 is 2.00 bits per heavy atom. The van der Waals surface area contributed by atoms with Gasteiger partial charge in [-0.25, -0.2) is 4.79 Å². The highest BCUT2D eigenvalue weighted by atomic mass is 79.9. The number of benzene rings is 1. The molecule has 0 aromatic heterocycles. The van der Waals surface area contributed by atoms with Gasteiger partial charge in [0.05, 0.1) is 0 Å². The molecule has 1 aromatic carbocycles. The fourth-order valence-corrected chi connectivity index (χ4v) is 1.13. The number of rotatable bonds is 2. The van der Waals surface area contributed by atoms with Gasteiger partial charge in [0.25, 0.3) is 0 Å². The summed E-state index contributed by atoms with van der Waals surface area (Å²) in [7, 11) is 0. The third kappa shape index (κ3) is 2.71. The van der Waals surface area contributed by atoms with Crippen molar-refractivity contribution in [2.45, 2.75) is 0 Å². The van der Waals surface area contributed by atoms with Crippen LogP contribution in [-0.2, 0) is 4.79 Å². The molecule has 0 atom stereocenters. The lowest BCUT2D eigenvalue weighted by Gasteiger charge is -1.94. The van der Waals surface area contributed by atoms with Crippen LogP contribution >= 0.6 is 15.9 Å². The molecule has 0 heterocycles. The molecular weight excluding hydrogens is 246 g/mol. The Labute approximate surface area is 89.4 Å². The van der Waals surface area contributed by atoms with E-state index >= 15 is 0 Å². The molecule has 1 rings (SSSR count). The van der Waals surface area contributed by atoms with E-state index in [2.05, 4.69) is 15.9 Å². The van der Waals surface area contributed by atoms with Gasteiger partial charge < -0.3 is 5.11 Å². The molecule has 0 saturated carbocycles. The highest BCUT2D eigenvalue weighted by Gasteiger charge is 2.04. The van der Waals surface area contributed by atoms with Crippen LogP contribution < -0.4 is 0 Å². The largest absolute Gasteiger partial charge is 0.477 e. The molecule has 0 spiro atoms. The van der Waals surface area contributed by atoms with Crippen molar-refractivity contribution in [3.63, 3.8) is 0 Å². The molecule has 4 heteroatoms. The molecule has 0 unspecified atom stereocenters. The predicted molar refractivity (Wildman–Crippen MR) is 55.4 cm³/mol. The fourth-order valence-electron chi connectivity index (χ4n) is 0.868. The highest BCUT2D eigenvalue weighted by molar-refractivity contribution is 9.10. The van der Waals surface area contributed by atoms with E-state index in [1.165, 1.54) is 6.08 Å². The maximum Gasteiger partial charge on any atom is 0.346 e. The van der Waals surface area contributed by atoms with Crippen molar-refractivity contribution in [2.24, 2.45) is 0 Å². The zero-order valence-corrected chi connectivity index (χ0v) is 8.65. The van der Waals surface area contributed by atoms with Crippen molar-refractivity contribution in [3.05, 3.63) is 39.9 Å². The minimum atomic E-state index is -1.21. The lowest BCUT2D eigenvalue weighted by Crippen LogP contribution is -1.97. The Bertz CT molecular complexity index is 415. The first-order chi connectivity index (χ1) is 6.63. The highest BCUT2D eigenvalue weighted by Crippen LogP contribution is 2.13. The quantitative estimate of drug-likeness (QED) is 0.649. The minimum Gasteiger partial charge on any atom is -0.477 e. The number of nitrogens with zero attached hydrogens (tertiary/aromatic N) is 1. The van der Waals surface area contributed by atoms with E-state index in [-0.39, 0.29) is 5.57 Å². The summed E-state index contributed by atoms with van der Waals surface area (Å²) in [6.45, 7) is 0. The topological polar surface area (TPSA) is 61.1 Å². The molecule has 0 aliphatic carbocycles. The van der Waals surface area contributed by atoms with Gasteiger partial charge in [-0.05, 0) is 23.8 Å². The van der Waals surface area contributed by atoms with Crippen molar-refractivity contribution in [2.75, 3.05) is 0 Å². The smallest absolute Gasteiger partial charge is 0.346 e. The number of hydrogen-bond donors (Lipinski definition) is 1. The first-order valence-electron chi connectivity index (χ1n) is 3.74. The zero-order valence-electron chi connectivity index (χ0n) is 7.07. The summed E-state index contributed by atoms with van der Waals surface area (Å²) in [5.41, 5.74) is 0.416. The number of halogens is 1. The van der Waals surface area contributed by atoms with Crippen LogP contribution in [0.4, 0.5) is 0 Å². The molecule has 0 radical (unpaired) electrons. The van der Waals surface area contributed by atoms with Crippen molar-refractivity contribution >= 4 is 28.0 Å². The normalized spacial score (nSPS) is 10.7. The third-order valence-electron chi connectivity index (χ3n) is 1.53. The second-order valence-electron chi connectivity index (χ2n) is 2.53. The van der Waals surface area contributed by atoms with Crippen molar-refractivity contribution in [1.82, 2.24) is 0 Å². The molecule has 70 valence electrons.